The summed E-state index contributed by atoms with van der Waals surface area (Å²) in [6.45, 7) is 3.88. The van der Waals surface area contributed by atoms with E-state index in [-0.39, 0.29) is 0 Å². The number of carbonyl (C=O) groups excluding carboxylic acids is 1. The number of nitrogen functional groups attached to an aromatic ring is 1. The molecule has 0 spiro atoms. The molecule has 0 bridgehead atoms. The molecule has 1 unspecified atom stereocenters. The van der Waals surface area contributed by atoms with Crippen LogP contribution in [0.3, 0.4) is 0 Å². The maximum Gasteiger partial charge on any atom is 0.340 e. The molecule has 1 atom stereocenters. The maximum absolute atomic E-state index is 11.6. The predicted molar refractivity (Wildman–Crippen MR) is 69.3 cm³/mol. The van der Waals surface area contributed by atoms with Gasteiger partial charge in [-0.05, 0) is 31.0 Å². The summed E-state index contributed by atoms with van der Waals surface area (Å²) in [5, 5.41) is 0. The average Bonchev–Trinajstić information content (AvgIpc) is 2.24. The van der Waals surface area contributed by atoms with Crippen LogP contribution in [0.2, 0.25) is 0 Å². The van der Waals surface area contributed by atoms with Crippen LogP contribution in [0.15, 0.2) is 12.1 Å². The lowest BCUT2D eigenvalue weighted by Crippen LogP contribution is -2.10. The largest absolute Gasteiger partial charge is 0.462 e. The summed E-state index contributed by atoms with van der Waals surface area (Å²) in [5.74, 6) is 0.0244. The number of hydrogen-bond donors (Lipinski definition) is 1. The summed E-state index contributed by atoms with van der Waals surface area (Å²) in [6.07, 6.45) is 1.63. The molecule has 2 N–H and O–H groups in total. The normalized spacial score (nSPS) is 12.2. The fourth-order valence-corrected chi connectivity index (χ4v) is 2.29. The van der Waals surface area contributed by atoms with E-state index in [0.29, 0.717) is 23.6 Å². The van der Waals surface area contributed by atoms with Crippen molar-refractivity contribution < 1.29 is 13.7 Å². The Morgan fingerprint density at radius 1 is 1.47 bits per heavy atom. The molecule has 0 amide bonds. The van der Waals surface area contributed by atoms with Gasteiger partial charge < -0.3 is 10.5 Å². The number of benzene rings is 1. The molecule has 0 aliphatic heterocycles. The van der Waals surface area contributed by atoms with Crippen molar-refractivity contribution in [3.05, 3.63) is 28.8 Å². The van der Waals surface area contributed by atoms with Crippen LogP contribution < -0.4 is 5.73 Å². The van der Waals surface area contributed by atoms with Crippen LogP contribution in [-0.2, 0) is 21.3 Å². The molecule has 0 aliphatic rings. The second-order valence-electron chi connectivity index (χ2n) is 3.75. The first-order valence-electron chi connectivity index (χ1n) is 5.32. The number of anilines is 1. The van der Waals surface area contributed by atoms with E-state index < -0.39 is 16.8 Å². The smallest absolute Gasteiger partial charge is 0.340 e. The predicted octanol–water partition coefficient (Wildman–Crippen LogP) is 1.63. The number of rotatable bonds is 4. The van der Waals surface area contributed by atoms with Crippen molar-refractivity contribution in [3.8, 4) is 0 Å². The monoisotopic (exact) mass is 255 g/mol. The van der Waals surface area contributed by atoms with Gasteiger partial charge in [-0.1, -0.05) is 6.07 Å². The van der Waals surface area contributed by atoms with Crippen LogP contribution in [0.1, 0.15) is 28.4 Å². The van der Waals surface area contributed by atoms with Gasteiger partial charge in [0.25, 0.3) is 0 Å². The maximum atomic E-state index is 11.6. The topological polar surface area (TPSA) is 69.4 Å². The summed E-state index contributed by atoms with van der Waals surface area (Å²) in [4.78, 5) is 11.6. The number of ether oxygens (including phenoxy) is 1. The number of carbonyl (C=O) groups is 1. The summed E-state index contributed by atoms with van der Waals surface area (Å²) in [6, 6.07) is 3.40. The number of hydrogen-bond acceptors (Lipinski definition) is 4. The Hall–Kier alpha value is -1.36. The molecule has 1 rings (SSSR count). The van der Waals surface area contributed by atoms with Gasteiger partial charge in [0.1, 0.15) is 0 Å². The highest BCUT2D eigenvalue weighted by molar-refractivity contribution is 7.83. The van der Waals surface area contributed by atoms with Crippen molar-refractivity contribution >= 4 is 22.5 Å². The van der Waals surface area contributed by atoms with Gasteiger partial charge in [0.05, 0.1) is 12.2 Å². The van der Waals surface area contributed by atoms with Gasteiger partial charge in [0, 0.05) is 28.5 Å². The van der Waals surface area contributed by atoms with Gasteiger partial charge in [0.15, 0.2) is 0 Å². The van der Waals surface area contributed by atoms with Gasteiger partial charge in [-0.3, -0.25) is 4.21 Å². The molecule has 0 aromatic heterocycles. The molecule has 0 saturated heterocycles. The Morgan fingerprint density at radius 2 is 2.12 bits per heavy atom. The number of nitrogens with two attached hydrogens (primary N) is 1. The van der Waals surface area contributed by atoms with E-state index in [1.165, 1.54) is 0 Å². The quantitative estimate of drug-likeness (QED) is 0.656. The molecule has 17 heavy (non-hydrogen) atoms. The third-order valence-electron chi connectivity index (χ3n) is 2.48. The molecule has 0 aliphatic carbocycles. The molecule has 1 aromatic carbocycles. The van der Waals surface area contributed by atoms with E-state index >= 15 is 0 Å². The fourth-order valence-electron chi connectivity index (χ4n) is 1.54. The molecule has 0 fully saturated rings. The van der Waals surface area contributed by atoms with Crippen LogP contribution in [-0.4, -0.2) is 23.0 Å². The van der Waals surface area contributed by atoms with E-state index in [0.717, 1.165) is 11.1 Å². The highest BCUT2D eigenvalue weighted by Gasteiger charge is 2.14. The molecule has 1 aromatic rings. The average molecular weight is 255 g/mol. The first-order valence-corrected chi connectivity index (χ1v) is 7.05. The van der Waals surface area contributed by atoms with E-state index in [2.05, 4.69) is 0 Å². The standard InChI is InChI=1S/C12H17NO3S/c1-4-16-12(14)10-6-5-9(7-17(3)15)8(2)11(10)13/h5-6H,4,7,13H2,1-3H3. The second-order valence-corrected chi connectivity index (χ2v) is 5.18. The second kappa shape index (κ2) is 5.82. The minimum absolute atomic E-state index is 0.318. The van der Waals surface area contributed by atoms with E-state index in [1.807, 2.05) is 6.92 Å². The lowest BCUT2D eigenvalue weighted by Gasteiger charge is -2.11. The lowest BCUT2D eigenvalue weighted by atomic mass is 10.0. The van der Waals surface area contributed by atoms with Gasteiger partial charge >= 0.3 is 5.97 Å². The van der Waals surface area contributed by atoms with Crippen LogP contribution in [0.25, 0.3) is 0 Å². The van der Waals surface area contributed by atoms with E-state index in [9.17, 15) is 9.00 Å². The summed E-state index contributed by atoms with van der Waals surface area (Å²) < 4.78 is 16.1. The molecule has 0 saturated carbocycles. The molecular weight excluding hydrogens is 238 g/mol. The van der Waals surface area contributed by atoms with Crippen molar-refractivity contribution in [3.63, 3.8) is 0 Å². The van der Waals surface area contributed by atoms with E-state index in [1.54, 1.807) is 25.3 Å². The Kier molecular flexibility index (Phi) is 4.69. The third-order valence-corrected chi connectivity index (χ3v) is 3.20. The molecule has 5 heteroatoms. The van der Waals surface area contributed by atoms with Crippen molar-refractivity contribution in [2.45, 2.75) is 19.6 Å². The van der Waals surface area contributed by atoms with Crippen LogP contribution in [0, 0.1) is 6.92 Å². The minimum Gasteiger partial charge on any atom is -0.462 e. The van der Waals surface area contributed by atoms with Gasteiger partial charge in [-0.2, -0.15) is 0 Å². The Balaban J connectivity index is 3.10. The molecule has 0 radical (unpaired) electrons. The molecule has 94 valence electrons. The zero-order valence-corrected chi connectivity index (χ0v) is 11.1. The number of esters is 1. The highest BCUT2D eigenvalue weighted by atomic mass is 32.2. The van der Waals surface area contributed by atoms with Crippen molar-refractivity contribution in [1.29, 1.82) is 0 Å². The van der Waals surface area contributed by atoms with Gasteiger partial charge in [0.2, 0.25) is 0 Å². The first kappa shape index (κ1) is 13.7. The van der Waals surface area contributed by atoms with Crippen LogP contribution >= 0.6 is 0 Å². The van der Waals surface area contributed by atoms with E-state index in [4.69, 9.17) is 10.5 Å². The zero-order chi connectivity index (χ0) is 13.0. The lowest BCUT2D eigenvalue weighted by molar-refractivity contribution is 0.0527. The summed E-state index contributed by atoms with van der Waals surface area (Å²) in [7, 11) is -0.928. The summed E-state index contributed by atoms with van der Waals surface area (Å²) in [5.41, 5.74) is 8.37. The summed E-state index contributed by atoms with van der Waals surface area (Å²) >= 11 is 0. The molecular formula is C12H17NO3S. The Morgan fingerprint density at radius 3 is 2.65 bits per heavy atom. The molecule has 4 nitrogen and oxygen atoms in total. The SMILES string of the molecule is CCOC(=O)c1ccc(CS(C)=O)c(C)c1N. The van der Waals surface area contributed by atoms with Crippen LogP contribution in [0.4, 0.5) is 5.69 Å². The zero-order valence-electron chi connectivity index (χ0n) is 10.3. The minimum atomic E-state index is -0.928. The third kappa shape index (κ3) is 3.30. The van der Waals surface area contributed by atoms with Crippen molar-refractivity contribution in [2.75, 3.05) is 18.6 Å². The van der Waals surface area contributed by atoms with Crippen molar-refractivity contribution in [1.82, 2.24) is 0 Å². The Bertz CT molecular complexity index is 457. The van der Waals surface area contributed by atoms with Gasteiger partial charge in [-0.15, -0.1) is 0 Å². The molecule has 0 heterocycles. The fraction of sp³-hybridized carbons (Fsp3) is 0.417. The van der Waals surface area contributed by atoms with Crippen molar-refractivity contribution in [2.24, 2.45) is 0 Å². The van der Waals surface area contributed by atoms with Gasteiger partial charge in [-0.25, -0.2) is 4.79 Å². The first-order chi connectivity index (χ1) is 7.97. The highest BCUT2D eigenvalue weighted by Crippen LogP contribution is 2.22. The Labute approximate surface area is 104 Å². The van der Waals surface area contributed by atoms with Crippen LogP contribution in [0.5, 0.6) is 0 Å².